The van der Waals surface area contributed by atoms with Gasteiger partial charge in [0.1, 0.15) is 0 Å². The summed E-state index contributed by atoms with van der Waals surface area (Å²) in [7, 11) is -1.32. The lowest BCUT2D eigenvalue weighted by molar-refractivity contribution is -0.133. The molecule has 0 saturated carbocycles. The highest BCUT2D eigenvalue weighted by atomic mass is 35.5. The van der Waals surface area contributed by atoms with Crippen LogP contribution in [0.1, 0.15) is 20.3 Å². The third-order valence-electron chi connectivity index (χ3n) is 3.11. The summed E-state index contributed by atoms with van der Waals surface area (Å²) in [6.07, 6.45) is 0.523. The van der Waals surface area contributed by atoms with E-state index in [0.29, 0.717) is 6.42 Å². The van der Waals surface area contributed by atoms with Crippen LogP contribution >= 0.6 is 12.4 Å². The van der Waals surface area contributed by atoms with Crippen molar-refractivity contribution in [2.45, 2.75) is 32.4 Å². The number of likely N-dealkylation sites (N-methyl/N-ethyl adjacent to an activating group) is 1. The second-order valence-corrected chi connectivity index (χ2v) is 7.00. The molecule has 0 aromatic carbocycles. The molecule has 1 aliphatic heterocycles. The molecule has 1 saturated heterocycles. The Hall–Kier alpha value is -0.330. The number of carbonyl (C=O) groups excluding carboxylic acids is 1. The summed E-state index contributed by atoms with van der Waals surface area (Å²) in [4.78, 5) is 13.4. The zero-order valence-corrected chi connectivity index (χ0v) is 12.1. The average Bonchev–Trinajstić information content (AvgIpc) is 2.55. The van der Waals surface area contributed by atoms with Crippen LogP contribution in [0.2, 0.25) is 0 Å². The number of sulfone groups is 1. The van der Waals surface area contributed by atoms with Gasteiger partial charge in [-0.1, -0.05) is 13.8 Å². The van der Waals surface area contributed by atoms with E-state index in [0.717, 1.165) is 0 Å². The molecule has 5 nitrogen and oxygen atoms in total. The molecule has 2 N–H and O–H groups in total. The largest absolute Gasteiger partial charge is 0.340 e. The van der Waals surface area contributed by atoms with Crippen LogP contribution in [-0.2, 0) is 14.6 Å². The van der Waals surface area contributed by atoms with Crippen LogP contribution in [0.4, 0.5) is 0 Å². The van der Waals surface area contributed by atoms with Crippen molar-refractivity contribution < 1.29 is 13.2 Å². The fourth-order valence-corrected chi connectivity index (χ4v) is 3.56. The minimum atomic E-state index is -2.95. The summed E-state index contributed by atoms with van der Waals surface area (Å²) in [5, 5.41) is 0. The Labute approximate surface area is 109 Å². The highest BCUT2D eigenvalue weighted by Gasteiger charge is 2.34. The lowest BCUT2D eigenvalue weighted by atomic mass is 10.0. The number of nitrogens with two attached hydrogens (primary N) is 1. The number of halogens is 1. The number of rotatable bonds is 3. The van der Waals surface area contributed by atoms with Gasteiger partial charge in [-0.05, 0) is 12.3 Å². The van der Waals surface area contributed by atoms with E-state index in [4.69, 9.17) is 5.73 Å². The third kappa shape index (κ3) is 4.12. The molecule has 1 heterocycles. The van der Waals surface area contributed by atoms with Crippen molar-refractivity contribution in [2.75, 3.05) is 18.6 Å². The molecule has 1 rings (SSSR count). The molecule has 7 heteroatoms. The molecule has 0 bridgehead atoms. The molecular formula is C10H21ClN2O3S. The van der Waals surface area contributed by atoms with Gasteiger partial charge in [0.2, 0.25) is 5.91 Å². The van der Waals surface area contributed by atoms with Gasteiger partial charge >= 0.3 is 0 Å². The molecule has 1 aliphatic rings. The van der Waals surface area contributed by atoms with Crippen LogP contribution in [0.15, 0.2) is 0 Å². The Balaban J connectivity index is 0.00000256. The fraction of sp³-hybridized carbons (Fsp3) is 0.900. The van der Waals surface area contributed by atoms with Crippen molar-refractivity contribution in [3.63, 3.8) is 0 Å². The molecule has 102 valence electrons. The van der Waals surface area contributed by atoms with Gasteiger partial charge in [0.25, 0.3) is 0 Å². The van der Waals surface area contributed by atoms with Crippen LogP contribution in [0.5, 0.6) is 0 Å². The van der Waals surface area contributed by atoms with Crippen LogP contribution in [0.25, 0.3) is 0 Å². The summed E-state index contributed by atoms with van der Waals surface area (Å²) >= 11 is 0. The lowest BCUT2D eigenvalue weighted by Gasteiger charge is -2.27. The summed E-state index contributed by atoms with van der Waals surface area (Å²) in [6, 6.07) is -0.754. The van der Waals surface area contributed by atoms with E-state index < -0.39 is 15.9 Å². The second-order valence-electron chi connectivity index (χ2n) is 4.78. The predicted molar refractivity (Wildman–Crippen MR) is 69.9 cm³/mol. The maximum Gasteiger partial charge on any atom is 0.239 e. The minimum Gasteiger partial charge on any atom is -0.340 e. The van der Waals surface area contributed by atoms with E-state index in [1.165, 1.54) is 4.90 Å². The van der Waals surface area contributed by atoms with Crippen molar-refractivity contribution in [1.29, 1.82) is 0 Å². The molecule has 0 aromatic heterocycles. The topological polar surface area (TPSA) is 80.5 Å². The van der Waals surface area contributed by atoms with Crippen LogP contribution in [-0.4, -0.2) is 49.9 Å². The Morgan fingerprint density at radius 3 is 2.29 bits per heavy atom. The first-order chi connectivity index (χ1) is 7.24. The van der Waals surface area contributed by atoms with Gasteiger partial charge in [0.05, 0.1) is 17.5 Å². The Kier molecular flexibility index (Phi) is 5.90. The van der Waals surface area contributed by atoms with Crippen molar-refractivity contribution in [3.8, 4) is 0 Å². The van der Waals surface area contributed by atoms with Gasteiger partial charge in [-0.15, -0.1) is 12.4 Å². The maximum absolute atomic E-state index is 11.9. The van der Waals surface area contributed by atoms with E-state index in [9.17, 15) is 13.2 Å². The summed E-state index contributed by atoms with van der Waals surface area (Å²) in [6.45, 7) is 3.75. The predicted octanol–water partition coefficient (Wildman–Crippen LogP) is 0.0370. The number of carbonyl (C=O) groups is 1. The molecular weight excluding hydrogens is 264 g/mol. The minimum absolute atomic E-state index is 0. The zero-order valence-electron chi connectivity index (χ0n) is 10.4. The number of nitrogens with zero attached hydrogens (tertiary/aromatic N) is 1. The van der Waals surface area contributed by atoms with Crippen molar-refractivity contribution in [1.82, 2.24) is 4.90 Å². The van der Waals surface area contributed by atoms with Gasteiger partial charge in [-0.3, -0.25) is 4.79 Å². The smallest absolute Gasteiger partial charge is 0.239 e. The van der Waals surface area contributed by atoms with Crippen molar-refractivity contribution in [3.05, 3.63) is 0 Å². The van der Waals surface area contributed by atoms with Gasteiger partial charge in [0.15, 0.2) is 9.84 Å². The average molecular weight is 285 g/mol. The van der Waals surface area contributed by atoms with Gasteiger partial charge < -0.3 is 10.6 Å². The summed E-state index contributed by atoms with van der Waals surface area (Å²) < 4.78 is 22.6. The van der Waals surface area contributed by atoms with Gasteiger partial charge in [-0.2, -0.15) is 0 Å². The van der Waals surface area contributed by atoms with Gasteiger partial charge in [0, 0.05) is 13.1 Å². The molecule has 2 atom stereocenters. The van der Waals surface area contributed by atoms with Crippen molar-refractivity contribution >= 4 is 28.2 Å². The fourth-order valence-electron chi connectivity index (χ4n) is 1.78. The van der Waals surface area contributed by atoms with Crippen LogP contribution in [0, 0.1) is 5.92 Å². The molecule has 17 heavy (non-hydrogen) atoms. The first-order valence-electron chi connectivity index (χ1n) is 5.47. The number of amides is 1. The lowest BCUT2D eigenvalue weighted by Crippen LogP contribution is -2.49. The molecule has 0 aliphatic carbocycles. The highest BCUT2D eigenvalue weighted by molar-refractivity contribution is 7.91. The van der Waals surface area contributed by atoms with E-state index >= 15 is 0 Å². The molecule has 0 aromatic rings. The second kappa shape index (κ2) is 6.02. The quantitative estimate of drug-likeness (QED) is 0.793. The van der Waals surface area contributed by atoms with E-state index in [-0.39, 0.29) is 41.8 Å². The Morgan fingerprint density at radius 1 is 1.41 bits per heavy atom. The molecule has 1 amide bonds. The van der Waals surface area contributed by atoms with E-state index in [1.54, 1.807) is 7.05 Å². The molecule has 0 spiro atoms. The van der Waals surface area contributed by atoms with E-state index in [1.807, 2.05) is 13.8 Å². The third-order valence-corrected chi connectivity index (χ3v) is 4.86. The number of hydrogen-bond acceptors (Lipinski definition) is 4. The first-order valence-corrected chi connectivity index (χ1v) is 7.29. The van der Waals surface area contributed by atoms with Crippen LogP contribution in [0.3, 0.4) is 0 Å². The highest BCUT2D eigenvalue weighted by Crippen LogP contribution is 2.17. The standard InChI is InChI=1S/C10H20N2O3S.ClH/c1-7(2)9(11)10(13)12(3)8-4-5-16(14,15)6-8;/h7-9H,4-6,11H2,1-3H3;1H/t8?,9-;/m0./s1. The van der Waals surface area contributed by atoms with Crippen molar-refractivity contribution in [2.24, 2.45) is 11.7 Å². The Morgan fingerprint density at radius 2 is 1.94 bits per heavy atom. The summed E-state index contributed by atoms with van der Waals surface area (Å²) in [5.74, 6) is 0.136. The van der Waals surface area contributed by atoms with Crippen LogP contribution < -0.4 is 5.73 Å². The Bertz CT molecular complexity index is 370. The first kappa shape index (κ1) is 16.7. The van der Waals surface area contributed by atoms with E-state index in [2.05, 4.69) is 0 Å². The number of hydrogen-bond donors (Lipinski definition) is 1. The molecule has 0 radical (unpaired) electrons. The monoisotopic (exact) mass is 284 g/mol. The van der Waals surface area contributed by atoms with Gasteiger partial charge in [-0.25, -0.2) is 8.42 Å². The summed E-state index contributed by atoms with van der Waals surface area (Å²) in [5.41, 5.74) is 5.76. The SMILES string of the molecule is CC(C)[C@H](N)C(=O)N(C)C1CCS(=O)(=O)C1.Cl. The zero-order chi connectivity index (χ0) is 12.5. The molecule has 1 fully saturated rings. The molecule has 1 unspecified atom stereocenters. The normalized spacial score (nSPS) is 24.2. The maximum atomic E-state index is 11.9.